The molecule has 0 aliphatic carbocycles. The number of carbonyl (C=O) groups is 2. The fraction of sp³-hybridized carbons (Fsp3) is 0.286. The van der Waals surface area contributed by atoms with Crippen LogP contribution in [0.3, 0.4) is 0 Å². The zero-order valence-corrected chi connectivity index (χ0v) is 22.1. The minimum absolute atomic E-state index is 0.0718. The van der Waals surface area contributed by atoms with E-state index in [-0.39, 0.29) is 17.7 Å². The molecule has 0 spiro atoms. The molecule has 2 aromatic heterocycles. The van der Waals surface area contributed by atoms with Crippen molar-refractivity contribution in [1.82, 2.24) is 34.9 Å². The normalized spacial score (nSPS) is 13.2. The lowest BCUT2D eigenvalue weighted by molar-refractivity contribution is -0.131. The van der Waals surface area contributed by atoms with E-state index in [4.69, 9.17) is 9.26 Å². The van der Waals surface area contributed by atoms with Gasteiger partial charge in [-0.3, -0.25) is 14.3 Å². The Hall–Kier alpha value is -4.80. The third-order valence-corrected chi connectivity index (χ3v) is 6.57. The molecule has 0 saturated carbocycles. The molecule has 0 radical (unpaired) electrons. The topological polar surface area (TPSA) is 119 Å². The molecule has 0 fully saturated rings. The van der Waals surface area contributed by atoms with E-state index in [1.807, 2.05) is 47.4 Å². The Bertz CT molecular complexity index is 1510. The van der Waals surface area contributed by atoms with E-state index in [1.165, 1.54) is 4.90 Å². The van der Waals surface area contributed by atoms with Gasteiger partial charge in [0.1, 0.15) is 5.75 Å². The predicted molar refractivity (Wildman–Crippen MR) is 144 cm³/mol. The van der Waals surface area contributed by atoms with Gasteiger partial charge in [-0.2, -0.15) is 4.98 Å². The first kappa shape index (κ1) is 25.8. The fourth-order valence-electron chi connectivity index (χ4n) is 4.53. The molecule has 11 nitrogen and oxygen atoms in total. The van der Waals surface area contributed by atoms with E-state index < -0.39 is 0 Å². The fourth-order valence-corrected chi connectivity index (χ4v) is 4.53. The second kappa shape index (κ2) is 11.3. The number of hydrogen-bond donors (Lipinski definition) is 0. The van der Waals surface area contributed by atoms with Crippen LogP contribution in [-0.2, 0) is 11.3 Å². The van der Waals surface area contributed by atoms with E-state index in [1.54, 1.807) is 38.3 Å². The second-order valence-electron chi connectivity index (χ2n) is 9.33. The second-order valence-corrected chi connectivity index (χ2v) is 9.33. The summed E-state index contributed by atoms with van der Waals surface area (Å²) in [6, 6.07) is 13.6. The van der Waals surface area contributed by atoms with Crippen LogP contribution in [0.15, 0.2) is 65.5 Å². The van der Waals surface area contributed by atoms with Gasteiger partial charge in [-0.15, -0.1) is 5.10 Å². The highest BCUT2D eigenvalue weighted by atomic mass is 16.5. The molecule has 200 valence electrons. The van der Waals surface area contributed by atoms with Gasteiger partial charge in [-0.1, -0.05) is 40.7 Å². The zero-order valence-electron chi connectivity index (χ0n) is 22.1. The number of amides is 2. The molecular weight excluding hydrogens is 498 g/mol. The van der Waals surface area contributed by atoms with E-state index in [9.17, 15) is 9.59 Å². The highest BCUT2D eigenvalue weighted by molar-refractivity contribution is 5.91. The monoisotopic (exact) mass is 527 g/mol. The van der Waals surface area contributed by atoms with Crippen LogP contribution >= 0.6 is 0 Å². The molecule has 2 amide bonds. The Morgan fingerprint density at radius 2 is 1.95 bits per heavy atom. The minimum Gasteiger partial charge on any atom is -0.496 e. The molecule has 11 heteroatoms. The molecule has 0 unspecified atom stereocenters. The summed E-state index contributed by atoms with van der Waals surface area (Å²) >= 11 is 0. The van der Waals surface area contributed by atoms with Crippen molar-refractivity contribution in [2.45, 2.75) is 19.4 Å². The summed E-state index contributed by atoms with van der Waals surface area (Å²) in [6.45, 7) is 1.66. The van der Waals surface area contributed by atoms with Crippen molar-refractivity contribution in [3.63, 3.8) is 0 Å². The molecule has 4 aromatic rings. The number of aromatic nitrogens is 5. The van der Waals surface area contributed by atoms with Gasteiger partial charge in [0.15, 0.2) is 0 Å². The lowest BCUT2D eigenvalue weighted by Gasteiger charge is -2.28. The van der Waals surface area contributed by atoms with Crippen LogP contribution in [0.4, 0.5) is 0 Å². The van der Waals surface area contributed by atoms with Crippen molar-refractivity contribution in [2.24, 2.45) is 0 Å². The summed E-state index contributed by atoms with van der Waals surface area (Å²) in [4.78, 5) is 33.0. The molecule has 39 heavy (non-hydrogen) atoms. The number of carbonyl (C=O) groups excluding carboxylic acids is 2. The van der Waals surface area contributed by atoms with E-state index in [2.05, 4.69) is 26.5 Å². The third-order valence-electron chi connectivity index (χ3n) is 6.57. The van der Waals surface area contributed by atoms with E-state index >= 15 is 0 Å². The van der Waals surface area contributed by atoms with Gasteiger partial charge < -0.3 is 19.1 Å². The van der Waals surface area contributed by atoms with Crippen molar-refractivity contribution >= 4 is 17.4 Å². The van der Waals surface area contributed by atoms with Crippen LogP contribution in [-0.4, -0.2) is 81.0 Å². The highest BCUT2D eigenvalue weighted by Gasteiger charge is 2.23. The maximum atomic E-state index is 12.9. The molecule has 0 atom stereocenters. The standard InChI is InChI=1S/C28H29N7O4/c1-33(2)28(37)27-30-26(31-39-27)22-11-10-19(17-23(22)21-8-4-5-9-24(21)38-3)20-7-6-14-34(18-20)25(36)12-15-35-16-13-29-32-35/h4-5,7-11,13,16-17H,6,12,14-15,18H2,1-3H3. The molecule has 1 aliphatic rings. The van der Waals surface area contributed by atoms with Gasteiger partial charge in [-0.25, -0.2) is 0 Å². The maximum absolute atomic E-state index is 12.9. The summed E-state index contributed by atoms with van der Waals surface area (Å²) in [6.07, 6.45) is 6.64. The molecule has 0 N–H and O–H groups in total. The van der Waals surface area contributed by atoms with Crippen molar-refractivity contribution in [2.75, 3.05) is 34.3 Å². The smallest absolute Gasteiger partial charge is 0.316 e. The zero-order chi connectivity index (χ0) is 27.4. The number of aryl methyl sites for hydroxylation is 1. The summed E-state index contributed by atoms with van der Waals surface area (Å²) in [5.74, 6) is 0.606. The van der Waals surface area contributed by atoms with Crippen LogP contribution in [0.25, 0.3) is 28.1 Å². The molecule has 1 aliphatic heterocycles. The van der Waals surface area contributed by atoms with E-state index in [0.717, 1.165) is 28.7 Å². The average molecular weight is 528 g/mol. The minimum atomic E-state index is -0.370. The summed E-state index contributed by atoms with van der Waals surface area (Å²) in [5, 5.41) is 11.8. The number of nitrogens with zero attached hydrogens (tertiary/aromatic N) is 7. The van der Waals surface area contributed by atoms with Crippen molar-refractivity contribution < 1.29 is 18.8 Å². The largest absolute Gasteiger partial charge is 0.496 e. The molecule has 2 aromatic carbocycles. The summed E-state index contributed by atoms with van der Waals surface area (Å²) < 4.78 is 12.6. The van der Waals surface area contributed by atoms with Crippen LogP contribution in [0, 0.1) is 0 Å². The molecule has 0 bridgehead atoms. The number of ether oxygens (including phenoxy) is 1. The maximum Gasteiger partial charge on any atom is 0.316 e. The van der Waals surface area contributed by atoms with Gasteiger partial charge in [0.25, 0.3) is 0 Å². The first-order chi connectivity index (χ1) is 18.9. The third kappa shape index (κ3) is 5.57. The van der Waals surface area contributed by atoms with E-state index in [0.29, 0.717) is 43.2 Å². The van der Waals surface area contributed by atoms with Crippen LogP contribution < -0.4 is 4.74 Å². The van der Waals surface area contributed by atoms with Crippen molar-refractivity contribution in [3.05, 3.63) is 72.4 Å². The molecule has 0 saturated heterocycles. The molecular formula is C28H29N7O4. The number of rotatable bonds is 8. The first-order valence-corrected chi connectivity index (χ1v) is 12.6. The first-order valence-electron chi connectivity index (χ1n) is 12.6. The van der Waals surface area contributed by atoms with Gasteiger partial charge in [0.2, 0.25) is 11.7 Å². The number of methoxy groups -OCH3 is 1. The Balaban J connectivity index is 1.47. The van der Waals surface area contributed by atoms with Crippen molar-refractivity contribution in [1.29, 1.82) is 0 Å². The Morgan fingerprint density at radius 1 is 1.10 bits per heavy atom. The van der Waals surface area contributed by atoms with Gasteiger partial charge in [0.05, 0.1) is 19.9 Å². The molecule has 3 heterocycles. The van der Waals surface area contributed by atoms with Gasteiger partial charge in [-0.05, 0) is 41.3 Å². The lowest BCUT2D eigenvalue weighted by Crippen LogP contribution is -2.35. The quantitative estimate of drug-likeness (QED) is 0.342. The number of para-hydroxylation sites is 1. The number of benzene rings is 2. The van der Waals surface area contributed by atoms with Crippen LogP contribution in [0.5, 0.6) is 5.75 Å². The van der Waals surface area contributed by atoms with Crippen LogP contribution in [0.2, 0.25) is 0 Å². The van der Waals surface area contributed by atoms with Gasteiger partial charge in [0, 0.05) is 50.9 Å². The summed E-state index contributed by atoms with van der Waals surface area (Å²) in [7, 11) is 4.88. The molecule has 5 rings (SSSR count). The Morgan fingerprint density at radius 3 is 2.72 bits per heavy atom. The Kier molecular flexibility index (Phi) is 7.48. The lowest BCUT2D eigenvalue weighted by atomic mass is 9.92. The highest BCUT2D eigenvalue weighted by Crippen LogP contribution is 2.38. The Labute approximate surface area is 225 Å². The SMILES string of the molecule is COc1ccccc1-c1cc(C2=CCCN(C(=O)CCn3ccnn3)C2)ccc1-c1noc(C(=O)N(C)C)n1. The van der Waals surface area contributed by atoms with Gasteiger partial charge >= 0.3 is 11.8 Å². The summed E-state index contributed by atoms with van der Waals surface area (Å²) in [5.41, 5.74) is 4.39. The average Bonchev–Trinajstić information content (AvgIpc) is 3.68. The van der Waals surface area contributed by atoms with Crippen molar-refractivity contribution in [3.8, 4) is 28.3 Å². The predicted octanol–water partition coefficient (Wildman–Crippen LogP) is 3.41. The number of hydrogen-bond acceptors (Lipinski definition) is 8. The van der Waals surface area contributed by atoms with Crippen LogP contribution in [0.1, 0.15) is 29.1 Å².